The van der Waals surface area contributed by atoms with Gasteiger partial charge in [-0.15, -0.1) is 11.3 Å². The monoisotopic (exact) mass is 317 g/mol. The van der Waals surface area contributed by atoms with E-state index >= 15 is 0 Å². The fourth-order valence-electron chi connectivity index (χ4n) is 2.18. The van der Waals surface area contributed by atoms with Crippen LogP contribution >= 0.6 is 11.3 Å². The molecule has 1 aromatic carbocycles. The molecule has 1 heterocycles. The molecule has 0 bridgehead atoms. The molecule has 0 aliphatic rings. The van der Waals surface area contributed by atoms with Gasteiger partial charge in [0.2, 0.25) is 0 Å². The van der Waals surface area contributed by atoms with E-state index in [4.69, 9.17) is 4.74 Å². The van der Waals surface area contributed by atoms with Gasteiger partial charge in [-0.2, -0.15) is 0 Å². The van der Waals surface area contributed by atoms with E-state index in [1.54, 1.807) is 11.3 Å². The molecular weight excluding hydrogens is 290 g/mol. The second-order valence-corrected chi connectivity index (χ2v) is 8.83. The van der Waals surface area contributed by atoms with Gasteiger partial charge in [-0.25, -0.2) is 4.98 Å². The van der Waals surface area contributed by atoms with Crippen LogP contribution in [0.15, 0.2) is 24.3 Å². The number of aromatic nitrogens is 1. The fraction of sp³-hybridized carbons (Fsp3) is 0.526. The van der Waals surface area contributed by atoms with E-state index < -0.39 is 0 Å². The predicted molar refractivity (Wildman–Crippen MR) is 95.5 cm³/mol. The van der Waals surface area contributed by atoms with Crippen LogP contribution in [0.2, 0.25) is 0 Å². The highest BCUT2D eigenvalue weighted by Gasteiger charge is 2.16. The molecule has 0 saturated heterocycles. The van der Waals surface area contributed by atoms with Crippen molar-refractivity contribution in [2.24, 2.45) is 0 Å². The summed E-state index contributed by atoms with van der Waals surface area (Å²) >= 11 is 1.73. The summed E-state index contributed by atoms with van der Waals surface area (Å²) in [5.41, 5.74) is 3.74. The topological polar surface area (TPSA) is 22.1 Å². The molecule has 0 aliphatic carbocycles. The third-order valence-corrected chi connectivity index (χ3v) is 4.66. The van der Waals surface area contributed by atoms with Crippen LogP contribution in [0.4, 0.5) is 0 Å². The van der Waals surface area contributed by atoms with Crippen molar-refractivity contribution in [3.63, 3.8) is 0 Å². The molecule has 0 N–H and O–H groups in total. The molecule has 0 amide bonds. The van der Waals surface area contributed by atoms with Gasteiger partial charge in [-0.05, 0) is 44.2 Å². The molecule has 0 atom stereocenters. The summed E-state index contributed by atoms with van der Waals surface area (Å²) in [4.78, 5) is 5.90. The first kappa shape index (κ1) is 17.2. The van der Waals surface area contributed by atoms with E-state index in [1.165, 1.54) is 16.0 Å². The zero-order chi connectivity index (χ0) is 16.5. The highest BCUT2D eigenvalue weighted by atomic mass is 32.1. The van der Waals surface area contributed by atoms with E-state index in [-0.39, 0.29) is 11.0 Å². The van der Waals surface area contributed by atoms with E-state index in [1.807, 2.05) is 0 Å². The molecule has 0 saturated carbocycles. The summed E-state index contributed by atoms with van der Waals surface area (Å²) < 4.78 is 5.83. The predicted octanol–water partition coefficient (Wildman–Crippen LogP) is 5.73. The molecule has 120 valence electrons. The summed E-state index contributed by atoms with van der Waals surface area (Å²) in [6.45, 7) is 15.6. The van der Waals surface area contributed by atoms with Gasteiger partial charge >= 0.3 is 0 Å². The zero-order valence-electron chi connectivity index (χ0n) is 14.8. The van der Waals surface area contributed by atoms with Crippen molar-refractivity contribution in [2.75, 3.05) is 0 Å². The van der Waals surface area contributed by atoms with Crippen molar-refractivity contribution >= 4 is 11.3 Å². The van der Waals surface area contributed by atoms with Crippen molar-refractivity contribution in [1.82, 2.24) is 4.98 Å². The molecule has 1 aromatic heterocycles. The molecule has 0 fully saturated rings. The smallest absolute Gasteiger partial charge is 0.119 e. The number of aryl methyl sites for hydroxylation is 1. The number of ether oxygens (including phenoxy) is 1. The van der Waals surface area contributed by atoms with Gasteiger partial charge in [0, 0.05) is 0 Å². The maximum Gasteiger partial charge on any atom is 0.119 e. The first-order chi connectivity index (χ1) is 10.1. The first-order valence-corrected chi connectivity index (χ1v) is 8.59. The lowest BCUT2D eigenvalue weighted by Crippen LogP contribution is -2.18. The minimum absolute atomic E-state index is 0.131. The molecule has 22 heavy (non-hydrogen) atoms. The van der Waals surface area contributed by atoms with Gasteiger partial charge in [0.05, 0.1) is 22.8 Å². The third-order valence-electron chi connectivity index (χ3n) is 3.48. The van der Waals surface area contributed by atoms with E-state index in [0.717, 1.165) is 10.7 Å². The number of thiazole rings is 1. The van der Waals surface area contributed by atoms with Crippen LogP contribution in [-0.2, 0) is 16.8 Å². The SMILES string of the molecule is Cc1nc(COC(C)(C)C)sc1-c1ccc(C(C)(C)C)cc1. The molecule has 0 spiro atoms. The van der Waals surface area contributed by atoms with Crippen molar-refractivity contribution in [1.29, 1.82) is 0 Å². The van der Waals surface area contributed by atoms with Crippen molar-refractivity contribution in [2.45, 2.75) is 66.1 Å². The van der Waals surface area contributed by atoms with Crippen LogP contribution < -0.4 is 0 Å². The van der Waals surface area contributed by atoms with Crippen LogP contribution in [-0.4, -0.2) is 10.6 Å². The lowest BCUT2D eigenvalue weighted by molar-refractivity contribution is -0.0150. The van der Waals surface area contributed by atoms with Gasteiger partial charge in [-0.3, -0.25) is 0 Å². The molecule has 2 aromatic rings. The Morgan fingerprint density at radius 1 is 1.00 bits per heavy atom. The van der Waals surface area contributed by atoms with Gasteiger partial charge < -0.3 is 4.74 Å². The Morgan fingerprint density at radius 3 is 2.09 bits per heavy atom. The van der Waals surface area contributed by atoms with Crippen molar-refractivity contribution < 1.29 is 4.74 Å². The Morgan fingerprint density at radius 2 is 1.59 bits per heavy atom. The minimum Gasteiger partial charge on any atom is -0.369 e. The number of nitrogens with zero attached hydrogens (tertiary/aromatic N) is 1. The summed E-state index contributed by atoms with van der Waals surface area (Å²) in [6.07, 6.45) is 0. The summed E-state index contributed by atoms with van der Waals surface area (Å²) in [6, 6.07) is 8.85. The van der Waals surface area contributed by atoms with E-state index in [9.17, 15) is 0 Å². The summed E-state index contributed by atoms with van der Waals surface area (Å²) in [7, 11) is 0. The Bertz CT molecular complexity index is 627. The zero-order valence-corrected chi connectivity index (χ0v) is 15.6. The van der Waals surface area contributed by atoms with E-state index in [0.29, 0.717) is 6.61 Å². The maximum absolute atomic E-state index is 5.83. The van der Waals surface area contributed by atoms with Crippen molar-refractivity contribution in [3.05, 3.63) is 40.5 Å². The molecule has 0 aliphatic heterocycles. The summed E-state index contributed by atoms with van der Waals surface area (Å²) in [5, 5.41) is 1.04. The molecule has 0 radical (unpaired) electrons. The lowest BCUT2D eigenvalue weighted by Gasteiger charge is -2.19. The number of rotatable bonds is 3. The largest absolute Gasteiger partial charge is 0.369 e. The van der Waals surface area contributed by atoms with Crippen LogP contribution in [0.5, 0.6) is 0 Å². The third kappa shape index (κ3) is 4.40. The fourth-order valence-corrected chi connectivity index (χ4v) is 3.17. The average Bonchev–Trinajstić information content (AvgIpc) is 2.76. The van der Waals surface area contributed by atoms with Crippen LogP contribution in [0.3, 0.4) is 0 Å². The Balaban J connectivity index is 2.21. The average molecular weight is 317 g/mol. The molecule has 0 unspecified atom stereocenters. The minimum atomic E-state index is -0.131. The lowest BCUT2D eigenvalue weighted by atomic mass is 9.86. The van der Waals surface area contributed by atoms with Crippen LogP contribution in [0.1, 0.15) is 57.8 Å². The normalized spacial score (nSPS) is 12.7. The maximum atomic E-state index is 5.83. The Labute approximate surface area is 138 Å². The number of hydrogen-bond donors (Lipinski definition) is 0. The molecular formula is C19H27NOS. The number of hydrogen-bond acceptors (Lipinski definition) is 3. The molecule has 2 rings (SSSR count). The van der Waals surface area contributed by atoms with Gasteiger partial charge in [0.15, 0.2) is 0 Å². The van der Waals surface area contributed by atoms with Crippen LogP contribution in [0, 0.1) is 6.92 Å². The van der Waals surface area contributed by atoms with E-state index in [2.05, 4.69) is 77.7 Å². The van der Waals surface area contributed by atoms with Crippen molar-refractivity contribution in [3.8, 4) is 10.4 Å². The van der Waals surface area contributed by atoms with Gasteiger partial charge in [-0.1, -0.05) is 45.0 Å². The van der Waals surface area contributed by atoms with Gasteiger partial charge in [0.1, 0.15) is 5.01 Å². The Kier molecular flexibility index (Phi) is 4.78. The van der Waals surface area contributed by atoms with Gasteiger partial charge in [0.25, 0.3) is 0 Å². The summed E-state index contributed by atoms with van der Waals surface area (Å²) in [5.74, 6) is 0. The first-order valence-electron chi connectivity index (χ1n) is 7.77. The molecule has 3 heteroatoms. The Hall–Kier alpha value is -1.19. The molecule has 2 nitrogen and oxygen atoms in total. The second kappa shape index (κ2) is 6.13. The standard InChI is InChI=1S/C19H27NOS/c1-13-17(22-16(20-13)12-21-19(5,6)7)14-8-10-15(11-9-14)18(2,3)4/h8-11H,12H2,1-7H3. The highest BCUT2D eigenvalue weighted by molar-refractivity contribution is 7.15. The quantitative estimate of drug-likeness (QED) is 0.721. The highest BCUT2D eigenvalue weighted by Crippen LogP contribution is 2.32. The van der Waals surface area contributed by atoms with Crippen LogP contribution in [0.25, 0.3) is 10.4 Å². The second-order valence-electron chi connectivity index (χ2n) is 7.75. The number of benzene rings is 1.